The Morgan fingerprint density at radius 1 is 0.959 bits per heavy atom. The summed E-state index contributed by atoms with van der Waals surface area (Å²) in [5.74, 6) is -0.435. The van der Waals surface area contributed by atoms with Crippen LogP contribution >= 0.6 is 0 Å². The van der Waals surface area contributed by atoms with E-state index >= 15 is 0 Å². The number of piperazine rings is 1. The van der Waals surface area contributed by atoms with Gasteiger partial charge in [0.2, 0.25) is 0 Å². The van der Waals surface area contributed by atoms with Gasteiger partial charge in [-0.2, -0.15) is 5.10 Å². The molecule has 1 aliphatic carbocycles. The zero-order valence-electron chi connectivity index (χ0n) is 28.0. The molecule has 0 spiro atoms. The summed E-state index contributed by atoms with van der Waals surface area (Å²) in [5.41, 5.74) is 3.35. The minimum Gasteiger partial charge on any atom is -0.493 e. The van der Waals surface area contributed by atoms with E-state index in [0.717, 1.165) is 73.3 Å². The van der Waals surface area contributed by atoms with Crippen LogP contribution in [0.3, 0.4) is 0 Å². The maximum absolute atomic E-state index is 15.0. The molecule has 1 aromatic heterocycles. The number of ether oxygens (including phenoxy) is 2. The van der Waals surface area contributed by atoms with Crippen LogP contribution in [0.5, 0.6) is 5.75 Å². The monoisotopic (exact) mass is 670 g/mol. The van der Waals surface area contributed by atoms with E-state index in [1.54, 1.807) is 11.0 Å². The lowest BCUT2D eigenvalue weighted by Gasteiger charge is -2.37. The minimum atomic E-state index is -1.01. The molecule has 3 heterocycles. The topological polar surface area (TPSA) is 84.8 Å². The van der Waals surface area contributed by atoms with Crippen molar-refractivity contribution in [1.29, 1.82) is 0 Å². The van der Waals surface area contributed by atoms with Crippen LogP contribution in [0.2, 0.25) is 0 Å². The van der Waals surface area contributed by atoms with Crippen LogP contribution < -0.4 is 19.9 Å². The SMILES string of the molecule is Cc1cc(N2CCN(c3ccc(C(=O)NC4CCCCC4)cc3)CC2)ccc1OCC1CO[C@@](Cn2cncn2)(c2ccc(F)cc2F)C1. The molecule has 0 radical (unpaired) electrons. The maximum Gasteiger partial charge on any atom is 0.251 e. The number of nitrogens with one attached hydrogen (secondary N) is 1. The van der Waals surface area contributed by atoms with E-state index in [4.69, 9.17) is 9.47 Å². The van der Waals surface area contributed by atoms with Crippen molar-refractivity contribution < 1.29 is 23.0 Å². The molecule has 7 rings (SSSR count). The highest BCUT2D eigenvalue weighted by Gasteiger charge is 2.44. The highest BCUT2D eigenvalue weighted by Crippen LogP contribution is 2.42. The standard InChI is InChI=1S/C38H44F2N6O3/c1-27-19-33(45-17-15-44(16-18-45)32-10-7-29(8-11-32)37(47)43-31-5-3-2-4-6-31)12-14-36(27)48-22-28-21-38(49-23-28,24-46-26-41-25-42-46)34-13-9-30(39)20-35(34)40/h7-14,19-20,25-26,28,31H,2-6,15-18,21-24H2,1H3,(H,43,47)/t28?,38-/m0/s1. The van der Waals surface area contributed by atoms with Crippen LogP contribution in [0.15, 0.2) is 73.3 Å². The van der Waals surface area contributed by atoms with Crippen LogP contribution in [-0.2, 0) is 16.9 Å². The summed E-state index contributed by atoms with van der Waals surface area (Å²) in [6, 6.07) is 18.2. The first-order valence-electron chi connectivity index (χ1n) is 17.4. The predicted molar refractivity (Wildman–Crippen MR) is 184 cm³/mol. The Morgan fingerprint density at radius 2 is 1.69 bits per heavy atom. The number of carbonyl (C=O) groups is 1. The lowest BCUT2D eigenvalue weighted by atomic mass is 9.87. The molecule has 3 fully saturated rings. The Bertz CT molecular complexity index is 1720. The van der Waals surface area contributed by atoms with E-state index in [2.05, 4.69) is 56.4 Å². The van der Waals surface area contributed by atoms with Crippen molar-refractivity contribution in [2.45, 2.75) is 63.6 Å². The number of amides is 1. The number of halogens is 2. The first-order chi connectivity index (χ1) is 23.8. The van der Waals surface area contributed by atoms with Crippen molar-refractivity contribution >= 4 is 17.3 Å². The number of hydrogen-bond donors (Lipinski definition) is 1. The molecule has 2 saturated heterocycles. The summed E-state index contributed by atoms with van der Waals surface area (Å²) in [6.07, 6.45) is 9.31. The molecule has 49 heavy (non-hydrogen) atoms. The number of hydrogen-bond acceptors (Lipinski definition) is 7. The lowest BCUT2D eigenvalue weighted by molar-refractivity contribution is -0.0206. The molecule has 2 atom stereocenters. The molecule has 3 aliphatic rings. The Kier molecular flexibility index (Phi) is 9.79. The summed E-state index contributed by atoms with van der Waals surface area (Å²) < 4.78 is 42.9. The number of nitrogens with zero attached hydrogens (tertiary/aromatic N) is 5. The second-order valence-corrected chi connectivity index (χ2v) is 13.7. The molecule has 3 aromatic carbocycles. The molecule has 1 unspecified atom stereocenters. The largest absolute Gasteiger partial charge is 0.493 e. The van der Waals surface area contributed by atoms with Crippen LogP contribution in [-0.4, -0.2) is 66.1 Å². The molecule has 1 N–H and O–H groups in total. The summed E-state index contributed by atoms with van der Waals surface area (Å²) in [4.78, 5) is 21.5. The summed E-state index contributed by atoms with van der Waals surface area (Å²) >= 11 is 0. The van der Waals surface area contributed by atoms with Gasteiger partial charge in [-0.15, -0.1) is 0 Å². The molecule has 11 heteroatoms. The normalized spacial score (nSPS) is 21.6. The third-order valence-electron chi connectivity index (χ3n) is 10.2. The van der Waals surface area contributed by atoms with Gasteiger partial charge in [-0.05, 0) is 80.3 Å². The second-order valence-electron chi connectivity index (χ2n) is 13.7. The predicted octanol–water partition coefficient (Wildman–Crippen LogP) is 6.26. The van der Waals surface area contributed by atoms with Crippen molar-refractivity contribution in [3.05, 3.63) is 102 Å². The number of aryl methyl sites for hydroxylation is 1. The van der Waals surface area contributed by atoms with Crippen LogP contribution in [0.25, 0.3) is 0 Å². The van der Waals surface area contributed by atoms with E-state index in [1.807, 2.05) is 18.2 Å². The molecule has 258 valence electrons. The Balaban J connectivity index is 0.922. The second kappa shape index (κ2) is 14.5. The first-order valence-corrected chi connectivity index (χ1v) is 17.4. The van der Waals surface area contributed by atoms with Gasteiger partial charge in [0.1, 0.15) is 35.6 Å². The maximum atomic E-state index is 15.0. The van der Waals surface area contributed by atoms with Crippen LogP contribution in [0.1, 0.15) is 60.0 Å². The van der Waals surface area contributed by atoms with E-state index in [1.165, 1.54) is 37.7 Å². The van der Waals surface area contributed by atoms with Crippen molar-refractivity contribution in [1.82, 2.24) is 20.1 Å². The minimum absolute atomic E-state index is 0.000432. The lowest BCUT2D eigenvalue weighted by Crippen LogP contribution is -2.46. The van der Waals surface area contributed by atoms with Gasteiger partial charge in [-0.1, -0.05) is 25.3 Å². The summed E-state index contributed by atoms with van der Waals surface area (Å²) in [7, 11) is 0. The summed E-state index contributed by atoms with van der Waals surface area (Å²) in [6.45, 7) is 6.64. The zero-order chi connectivity index (χ0) is 33.8. The van der Waals surface area contributed by atoms with E-state index in [-0.39, 0.29) is 18.4 Å². The smallest absolute Gasteiger partial charge is 0.251 e. The fourth-order valence-electron chi connectivity index (χ4n) is 7.55. The molecule has 9 nitrogen and oxygen atoms in total. The Hall–Kier alpha value is -4.51. The molecule has 1 amide bonds. The number of benzene rings is 3. The van der Waals surface area contributed by atoms with Gasteiger partial charge in [0.25, 0.3) is 5.91 Å². The average molecular weight is 671 g/mol. The Morgan fingerprint density at radius 3 is 2.39 bits per heavy atom. The third kappa shape index (κ3) is 7.56. The van der Waals surface area contributed by atoms with E-state index in [9.17, 15) is 13.6 Å². The number of rotatable bonds is 10. The van der Waals surface area contributed by atoms with Crippen molar-refractivity contribution in [3.63, 3.8) is 0 Å². The van der Waals surface area contributed by atoms with Gasteiger partial charge in [0, 0.05) is 66.7 Å². The van der Waals surface area contributed by atoms with Crippen molar-refractivity contribution in [2.24, 2.45) is 5.92 Å². The fourth-order valence-corrected chi connectivity index (χ4v) is 7.55. The molecular weight excluding hydrogens is 626 g/mol. The van der Waals surface area contributed by atoms with Gasteiger partial charge in [0.15, 0.2) is 0 Å². The molecule has 4 aromatic rings. The average Bonchev–Trinajstić information content (AvgIpc) is 3.79. The molecule has 0 bridgehead atoms. The Labute approximate surface area is 286 Å². The van der Waals surface area contributed by atoms with Gasteiger partial charge >= 0.3 is 0 Å². The number of anilines is 2. The quantitative estimate of drug-likeness (QED) is 0.213. The number of aromatic nitrogens is 3. The fraction of sp³-hybridized carbons (Fsp3) is 0.447. The highest BCUT2D eigenvalue weighted by molar-refractivity contribution is 5.94. The van der Waals surface area contributed by atoms with Crippen molar-refractivity contribution in [2.75, 3.05) is 49.2 Å². The van der Waals surface area contributed by atoms with Crippen LogP contribution in [0, 0.1) is 24.5 Å². The van der Waals surface area contributed by atoms with Gasteiger partial charge in [-0.3, -0.25) is 4.79 Å². The first kappa shape index (κ1) is 33.0. The highest BCUT2D eigenvalue weighted by atomic mass is 19.1. The van der Waals surface area contributed by atoms with E-state index in [0.29, 0.717) is 31.2 Å². The third-order valence-corrected chi connectivity index (χ3v) is 10.2. The van der Waals surface area contributed by atoms with Gasteiger partial charge in [-0.25, -0.2) is 18.4 Å². The van der Waals surface area contributed by atoms with Crippen LogP contribution in [0.4, 0.5) is 20.2 Å². The summed E-state index contributed by atoms with van der Waals surface area (Å²) in [5, 5.41) is 7.40. The van der Waals surface area contributed by atoms with Gasteiger partial charge in [0.05, 0.1) is 19.8 Å². The van der Waals surface area contributed by atoms with Gasteiger partial charge < -0.3 is 24.6 Å². The van der Waals surface area contributed by atoms with E-state index < -0.39 is 17.2 Å². The van der Waals surface area contributed by atoms with Crippen molar-refractivity contribution in [3.8, 4) is 5.75 Å². The molecular formula is C38H44F2N6O3. The number of carbonyl (C=O) groups excluding carboxylic acids is 1. The zero-order valence-corrected chi connectivity index (χ0v) is 28.0. The molecule has 1 saturated carbocycles. The molecule has 2 aliphatic heterocycles.